The van der Waals surface area contributed by atoms with E-state index in [1.807, 2.05) is 50.2 Å². The standard InChI is InChI=1S/C24H20N2O4S/c1-3-14-8-9-18-17(12-14)21(27)19-20(15-6-5-7-16(13-15)29-4-2)26(23(28)22(19)30-18)24-25-10-11-31-24/h5-13,20H,3-4H2,1-2H3. The zero-order valence-corrected chi connectivity index (χ0v) is 17.9. The maximum absolute atomic E-state index is 13.7. The second-order valence-corrected chi connectivity index (χ2v) is 8.13. The predicted octanol–water partition coefficient (Wildman–Crippen LogP) is 4.96. The fourth-order valence-electron chi connectivity index (χ4n) is 4.03. The van der Waals surface area contributed by atoms with Crippen LogP contribution in [0.2, 0.25) is 0 Å². The number of thiazole rings is 1. The van der Waals surface area contributed by atoms with Crippen LogP contribution in [0.4, 0.5) is 5.13 Å². The minimum absolute atomic E-state index is 0.0729. The Kier molecular flexibility index (Phi) is 4.82. The number of aryl methyl sites for hydroxylation is 1. The molecule has 0 spiro atoms. The molecule has 1 aliphatic heterocycles. The number of aromatic nitrogens is 1. The van der Waals surface area contributed by atoms with Crippen LogP contribution in [-0.2, 0) is 6.42 Å². The number of ether oxygens (including phenoxy) is 1. The Labute approximate surface area is 182 Å². The van der Waals surface area contributed by atoms with Crippen LogP contribution in [0.1, 0.15) is 47.1 Å². The lowest BCUT2D eigenvalue weighted by Gasteiger charge is -2.23. The number of fused-ring (bicyclic) bond motifs is 2. The quantitative estimate of drug-likeness (QED) is 0.446. The molecule has 31 heavy (non-hydrogen) atoms. The van der Waals surface area contributed by atoms with E-state index >= 15 is 0 Å². The zero-order valence-electron chi connectivity index (χ0n) is 17.1. The lowest BCUT2D eigenvalue weighted by molar-refractivity contribution is 0.0971. The van der Waals surface area contributed by atoms with Gasteiger partial charge in [-0.15, -0.1) is 11.3 Å². The number of rotatable bonds is 5. The van der Waals surface area contributed by atoms with Gasteiger partial charge < -0.3 is 9.15 Å². The summed E-state index contributed by atoms with van der Waals surface area (Å²) >= 11 is 1.34. The van der Waals surface area contributed by atoms with Crippen LogP contribution in [0, 0.1) is 0 Å². The highest BCUT2D eigenvalue weighted by molar-refractivity contribution is 7.13. The molecule has 6 nitrogen and oxygen atoms in total. The predicted molar refractivity (Wildman–Crippen MR) is 120 cm³/mol. The molecule has 0 aliphatic carbocycles. The van der Waals surface area contributed by atoms with E-state index in [-0.39, 0.29) is 17.1 Å². The van der Waals surface area contributed by atoms with Crippen molar-refractivity contribution in [3.63, 3.8) is 0 Å². The first-order valence-corrected chi connectivity index (χ1v) is 11.1. The number of carbonyl (C=O) groups excluding carboxylic acids is 1. The van der Waals surface area contributed by atoms with E-state index in [0.717, 1.165) is 17.5 Å². The van der Waals surface area contributed by atoms with Gasteiger partial charge in [-0.2, -0.15) is 0 Å². The van der Waals surface area contributed by atoms with Crippen LogP contribution in [0.3, 0.4) is 0 Å². The number of benzene rings is 2. The lowest BCUT2D eigenvalue weighted by atomic mass is 9.98. The summed E-state index contributed by atoms with van der Waals surface area (Å²) in [6, 6.07) is 12.4. The Hall–Kier alpha value is -3.45. The van der Waals surface area contributed by atoms with Crippen LogP contribution in [-0.4, -0.2) is 17.5 Å². The summed E-state index contributed by atoms with van der Waals surface area (Å²) in [6.45, 7) is 4.47. The Morgan fingerprint density at radius 3 is 2.77 bits per heavy atom. The van der Waals surface area contributed by atoms with E-state index in [1.54, 1.807) is 22.5 Å². The van der Waals surface area contributed by atoms with Gasteiger partial charge in [0.15, 0.2) is 10.6 Å². The van der Waals surface area contributed by atoms with E-state index in [1.165, 1.54) is 11.3 Å². The van der Waals surface area contributed by atoms with E-state index in [2.05, 4.69) is 4.98 Å². The largest absolute Gasteiger partial charge is 0.494 e. The smallest absolute Gasteiger partial charge is 0.297 e. The van der Waals surface area contributed by atoms with Gasteiger partial charge in [-0.25, -0.2) is 4.98 Å². The molecule has 0 fully saturated rings. The molecule has 0 saturated carbocycles. The average molecular weight is 433 g/mol. The molecular formula is C24H20N2O4S. The Bertz CT molecular complexity index is 1340. The molecule has 7 heteroatoms. The van der Waals surface area contributed by atoms with Crippen molar-refractivity contribution < 1.29 is 13.9 Å². The molecule has 3 heterocycles. The first-order chi connectivity index (χ1) is 15.1. The van der Waals surface area contributed by atoms with Crippen LogP contribution in [0.15, 0.2) is 63.3 Å². The molecule has 2 aromatic heterocycles. The van der Waals surface area contributed by atoms with Gasteiger partial charge in [0.2, 0.25) is 5.76 Å². The van der Waals surface area contributed by atoms with Crippen LogP contribution in [0.25, 0.3) is 11.0 Å². The summed E-state index contributed by atoms with van der Waals surface area (Å²) < 4.78 is 11.7. The van der Waals surface area contributed by atoms with Gasteiger partial charge >= 0.3 is 0 Å². The van der Waals surface area contributed by atoms with E-state index in [0.29, 0.717) is 34.0 Å². The van der Waals surface area contributed by atoms with Crippen molar-refractivity contribution >= 4 is 33.3 Å². The fourth-order valence-corrected chi connectivity index (χ4v) is 4.70. The second-order valence-electron chi connectivity index (χ2n) is 7.26. The molecule has 0 radical (unpaired) electrons. The van der Waals surface area contributed by atoms with Crippen LogP contribution < -0.4 is 15.1 Å². The molecule has 156 valence electrons. The molecule has 1 amide bonds. The summed E-state index contributed by atoms with van der Waals surface area (Å²) in [5, 5.41) is 2.80. The number of hydrogen-bond donors (Lipinski definition) is 0. The molecule has 1 aliphatic rings. The van der Waals surface area contributed by atoms with E-state index in [4.69, 9.17) is 9.15 Å². The molecule has 4 aromatic rings. The third-order valence-corrected chi connectivity index (χ3v) is 6.22. The summed E-state index contributed by atoms with van der Waals surface area (Å²) in [5.41, 5.74) is 2.37. The maximum Gasteiger partial charge on any atom is 0.297 e. The molecule has 1 unspecified atom stereocenters. The van der Waals surface area contributed by atoms with Crippen molar-refractivity contribution in [2.24, 2.45) is 0 Å². The topological polar surface area (TPSA) is 72.6 Å². The third-order valence-electron chi connectivity index (χ3n) is 5.45. The normalized spacial score (nSPS) is 15.5. The third kappa shape index (κ3) is 3.13. The van der Waals surface area contributed by atoms with Crippen molar-refractivity contribution in [1.82, 2.24) is 4.98 Å². The summed E-state index contributed by atoms with van der Waals surface area (Å²) in [6.07, 6.45) is 2.44. The zero-order chi connectivity index (χ0) is 21.5. The van der Waals surface area contributed by atoms with Gasteiger partial charge in [0.25, 0.3) is 5.91 Å². The second kappa shape index (κ2) is 7.67. The molecule has 1 atom stereocenters. The monoisotopic (exact) mass is 432 g/mol. The lowest BCUT2D eigenvalue weighted by Crippen LogP contribution is -2.29. The molecular weight excluding hydrogens is 412 g/mol. The van der Waals surface area contributed by atoms with Crippen molar-refractivity contribution in [2.75, 3.05) is 11.5 Å². The highest BCUT2D eigenvalue weighted by Crippen LogP contribution is 2.42. The molecule has 5 rings (SSSR count). The van der Waals surface area contributed by atoms with Crippen LogP contribution >= 0.6 is 11.3 Å². The number of nitrogens with zero attached hydrogens (tertiary/aromatic N) is 2. The molecule has 0 N–H and O–H groups in total. The Balaban J connectivity index is 1.79. The SMILES string of the molecule is CCOc1cccc(C2c3c(oc4ccc(CC)cc4c3=O)C(=O)N2c2nccs2)c1. The molecule has 0 bridgehead atoms. The molecule has 2 aromatic carbocycles. The summed E-state index contributed by atoms with van der Waals surface area (Å²) in [4.78, 5) is 33.0. The number of anilines is 1. The Morgan fingerprint density at radius 2 is 2.03 bits per heavy atom. The minimum atomic E-state index is -0.639. The van der Waals surface area contributed by atoms with Gasteiger partial charge in [-0.3, -0.25) is 14.5 Å². The first kappa shape index (κ1) is 19.5. The van der Waals surface area contributed by atoms with Gasteiger partial charge in [0.1, 0.15) is 11.3 Å². The van der Waals surface area contributed by atoms with E-state index < -0.39 is 6.04 Å². The molecule has 0 saturated heterocycles. The van der Waals surface area contributed by atoms with Gasteiger partial charge in [0.05, 0.1) is 23.6 Å². The van der Waals surface area contributed by atoms with Gasteiger partial charge in [-0.05, 0) is 48.7 Å². The number of hydrogen-bond acceptors (Lipinski definition) is 6. The van der Waals surface area contributed by atoms with Crippen molar-refractivity contribution in [2.45, 2.75) is 26.3 Å². The maximum atomic E-state index is 13.7. The minimum Gasteiger partial charge on any atom is -0.494 e. The summed E-state index contributed by atoms with van der Waals surface area (Å²) in [7, 11) is 0. The van der Waals surface area contributed by atoms with Crippen molar-refractivity contribution in [3.05, 3.63) is 86.7 Å². The summed E-state index contributed by atoms with van der Waals surface area (Å²) in [5.74, 6) is 0.387. The van der Waals surface area contributed by atoms with Crippen molar-refractivity contribution in [1.29, 1.82) is 0 Å². The first-order valence-electron chi connectivity index (χ1n) is 10.2. The van der Waals surface area contributed by atoms with Gasteiger partial charge in [-0.1, -0.05) is 25.1 Å². The highest BCUT2D eigenvalue weighted by atomic mass is 32.1. The van der Waals surface area contributed by atoms with Crippen LogP contribution in [0.5, 0.6) is 5.75 Å². The highest BCUT2D eigenvalue weighted by Gasteiger charge is 2.44. The van der Waals surface area contributed by atoms with Crippen molar-refractivity contribution in [3.8, 4) is 5.75 Å². The number of amides is 1. The Morgan fingerprint density at radius 1 is 1.16 bits per heavy atom. The van der Waals surface area contributed by atoms with E-state index in [9.17, 15) is 9.59 Å². The average Bonchev–Trinajstić information content (AvgIpc) is 3.41. The number of carbonyl (C=O) groups is 1. The van der Waals surface area contributed by atoms with Gasteiger partial charge in [0, 0.05) is 11.6 Å². The fraction of sp³-hybridized carbons (Fsp3) is 0.208.